The molecule has 0 spiro atoms. The first-order valence-corrected chi connectivity index (χ1v) is 5.43. The van der Waals surface area contributed by atoms with Gasteiger partial charge in [-0.1, -0.05) is 51.1 Å². The predicted molar refractivity (Wildman–Crippen MR) is 64.4 cm³/mol. The Morgan fingerprint density at radius 3 is 1.94 bits per heavy atom. The van der Waals surface area contributed by atoms with Gasteiger partial charge in [0.15, 0.2) is 5.78 Å². The number of rotatable bonds is 3. The Labute approximate surface area is 96.7 Å². The second-order valence-corrected chi connectivity index (χ2v) is 5.14. The predicted octanol–water partition coefficient (Wildman–Crippen LogP) is 3.12. The molecule has 0 bridgehead atoms. The van der Waals surface area contributed by atoms with Gasteiger partial charge in [0.05, 0.1) is 5.92 Å². The van der Waals surface area contributed by atoms with Crippen LogP contribution in [0.25, 0.3) is 0 Å². The molecule has 0 heterocycles. The molecular formula is C14H18O2. The van der Waals surface area contributed by atoms with Crippen LogP contribution in [0.4, 0.5) is 0 Å². The van der Waals surface area contributed by atoms with Gasteiger partial charge in [-0.25, -0.2) is 0 Å². The number of ketones is 2. The van der Waals surface area contributed by atoms with Gasteiger partial charge in [-0.3, -0.25) is 9.59 Å². The van der Waals surface area contributed by atoms with E-state index in [4.69, 9.17) is 0 Å². The summed E-state index contributed by atoms with van der Waals surface area (Å²) < 4.78 is 0. The van der Waals surface area contributed by atoms with Gasteiger partial charge in [0.1, 0.15) is 5.78 Å². The topological polar surface area (TPSA) is 34.1 Å². The quantitative estimate of drug-likeness (QED) is 0.577. The van der Waals surface area contributed by atoms with E-state index < -0.39 is 5.92 Å². The zero-order chi connectivity index (χ0) is 12.3. The fourth-order valence-electron chi connectivity index (χ4n) is 1.96. The zero-order valence-corrected chi connectivity index (χ0v) is 10.3. The second-order valence-electron chi connectivity index (χ2n) is 5.14. The van der Waals surface area contributed by atoms with Gasteiger partial charge in [-0.2, -0.15) is 0 Å². The van der Waals surface area contributed by atoms with Crippen LogP contribution in [0.2, 0.25) is 0 Å². The molecule has 16 heavy (non-hydrogen) atoms. The number of benzene rings is 1. The SMILES string of the molecule is CC(=O)C(C(=O)c1ccccc1)C(C)(C)C. The molecule has 0 aromatic heterocycles. The van der Waals surface area contributed by atoms with Crippen LogP contribution in [0, 0.1) is 11.3 Å². The van der Waals surface area contributed by atoms with Crippen LogP contribution in [0.1, 0.15) is 38.1 Å². The van der Waals surface area contributed by atoms with E-state index in [1.165, 1.54) is 6.92 Å². The number of Topliss-reactive ketones (excluding diaryl/α,β-unsaturated/α-hetero) is 2. The van der Waals surface area contributed by atoms with E-state index >= 15 is 0 Å². The molecule has 1 unspecified atom stereocenters. The largest absolute Gasteiger partial charge is 0.299 e. The third-order valence-corrected chi connectivity index (χ3v) is 2.59. The lowest BCUT2D eigenvalue weighted by Gasteiger charge is -2.27. The minimum atomic E-state index is -0.560. The van der Waals surface area contributed by atoms with Gasteiger partial charge in [0, 0.05) is 5.56 Å². The Balaban J connectivity index is 3.07. The van der Waals surface area contributed by atoms with Gasteiger partial charge in [0.2, 0.25) is 0 Å². The summed E-state index contributed by atoms with van der Waals surface area (Å²) in [6.45, 7) is 7.23. The maximum Gasteiger partial charge on any atom is 0.173 e. The van der Waals surface area contributed by atoms with Crippen molar-refractivity contribution in [2.45, 2.75) is 27.7 Å². The molecule has 86 valence electrons. The molecule has 0 aliphatic heterocycles. The van der Waals surface area contributed by atoms with Crippen LogP contribution in [0.3, 0.4) is 0 Å². The summed E-state index contributed by atoms with van der Waals surface area (Å²) in [5.74, 6) is -0.711. The monoisotopic (exact) mass is 218 g/mol. The highest BCUT2D eigenvalue weighted by Crippen LogP contribution is 2.29. The molecule has 1 aromatic rings. The Morgan fingerprint density at radius 2 is 1.56 bits per heavy atom. The molecule has 1 aromatic carbocycles. The van der Waals surface area contributed by atoms with E-state index in [0.717, 1.165) is 0 Å². The van der Waals surface area contributed by atoms with Crippen LogP contribution in [-0.2, 0) is 4.79 Å². The van der Waals surface area contributed by atoms with Gasteiger partial charge < -0.3 is 0 Å². The fourth-order valence-corrected chi connectivity index (χ4v) is 1.96. The summed E-state index contributed by atoms with van der Waals surface area (Å²) in [6.07, 6.45) is 0. The van der Waals surface area contributed by atoms with Gasteiger partial charge in [-0.15, -0.1) is 0 Å². The highest BCUT2D eigenvalue weighted by Gasteiger charge is 2.35. The number of hydrogen-bond acceptors (Lipinski definition) is 2. The van der Waals surface area contributed by atoms with E-state index in [2.05, 4.69) is 0 Å². The summed E-state index contributed by atoms with van der Waals surface area (Å²) in [7, 11) is 0. The molecule has 0 fully saturated rings. The lowest BCUT2D eigenvalue weighted by Crippen LogP contribution is -2.34. The lowest BCUT2D eigenvalue weighted by atomic mass is 9.74. The Morgan fingerprint density at radius 1 is 1.06 bits per heavy atom. The first-order chi connectivity index (χ1) is 7.34. The molecule has 0 saturated carbocycles. The molecule has 0 amide bonds. The van der Waals surface area contributed by atoms with Crippen LogP contribution in [-0.4, -0.2) is 11.6 Å². The van der Waals surface area contributed by atoms with Crippen LogP contribution in [0.5, 0.6) is 0 Å². The number of carbonyl (C=O) groups is 2. The molecule has 1 atom stereocenters. The van der Waals surface area contributed by atoms with Crippen molar-refractivity contribution in [2.24, 2.45) is 11.3 Å². The number of carbonyl (C=O) groups excluding carboxylic acids is 2. The van der Waals surface area contributed by atoms with Crippen molar-refractivity contribution in [1.82, 2.24) is 0 Å². The average Bonchev–Trinajstić information content (AvgIpc) is 2.16. The summed E-state index contributed by atoms with van der Waals surface area (Å²) in [5, 5.41) is 0. The zero-order valence-electron chi connectivity index (χ0n) is 10.3. The fraction of sp³-hybridized carbons (Fsp3) is 0.429. The van der Waals surface area contributed by atoms with Crippen LogP contribution in [0.15, 0.2) is 30.3 Å². The van der Waals surface area contributed by atoms with E-state index in [9.17, 15) is 9.59 Å². The van der Waals surface area contributed by atoms with Gasteiger partial charge in [-0.05, 0) is 12.3 Å². The van der Waals surface area contributed by atoms with Crippen molar-refractivity contribution >= 4 is 11.6 Å². The highest BCUT2D eigenvalue weighted by atomic mass is 16.1. The van der Waals surface area contributed by atoms with Crippen molar-refractivity contribution in [3.63, 3.8) is 0 Å². The van der Waals surface area contributed by atoms with Crippen molar-refractivity contribution in [3.8, 4) is 0 Å². The molecule has 1 rings (SSSR count). The van der Waals surface area contributed by atoms with Crippen molar-refractivity contribution in [3.05, 3.63) is 35.9 Å². The third kappa shape index (κ3) is 2.78. The molecule has 0 aliphatic rings. The first-order valence-electron chi connectivity index (χ1n) is 5.43. The molecule has 0 N–H and O–H groups in total. The van der Waals surface area contributed by atoms with Gasteiger partial charge >= 0.3 is 0 Å². The Hall–Kier alpha value is -1.44. The molecule has 2 heteroatoms. The second kappa shape index (κ2) is 4.60. The molecular weight excluding hydrogens is 200 g/mol. The third-order valence-electron chi connectivity index (χ3n) is 2.59. The Kier molecular flexibility index (Phi) is 3.63. The van der Waals surface area contributed by atoms with E-state index in [-0.39, 0.29) is 17.0 Å². The number of hydrogen-bond donors (Lipinski definition) is 0. The summed E-state index contributed by atoms with van der Waals surface area (Å²) >= 11 is 0. The summed E-state index contributed by atoms with van der Waals surface area (Å²) in [6, 6.07) is 8.99. The van der Waals surface area contributed by atoms with Crippen LogP contribution < -0.4 is 0 Å². The minimum absolute atomic E-state index is 0.0682. The average molecular weight is 218 g/mol. The molecule has 0 radical (unpaired) electrons. The van der Waals surface area contributed by atoms with E-state index in [0.29, 0.717) is 5.56 Å². The lowest BCUT2D eigenvalue weighted by molar-refractivity contribution is -0.121. The highest BCUT2D eigenvalue weighted by molar-refractivity contribution is 6.10. The van der Waals surface area contributed by atoms with Gasteiger partial charge in [0.25, 0.3) is 0 Å². The molecule has 0 saturated heterocycles. The minimum Gasteiger partial charge on any atom is -0.299 e. The maximum atomic E-state index is 12.2. The Bertz CT molecular complexity index is 385. The van der Waals surface area contributed by atoms with E-state index in [1.807, 2.05) is 39.0 Å². The standard InChI is InChI=1S/C14H18O2/c1-10(15)12(14(2,3)4)13(16)11-8-6-5-7-9-11/h5-9,12H,1-4H3. The first kappa shape index (κ1) is 12.6. The summed E-state index contributed by atoms with van der Waals surface area (Å²) in [5.41, 5.74) is 0.274. The van der Waals surface area contributed by atoms with Crippen molar-refractivity contribution < 1.29 is 9.59 Å². The van der Waals surface area contributed by atoms with E-state index in [1.54, 1.807) is 12.1 Å². The van der Waals surface area contributed by atoms with Crippen molar-refractivity contribution in [1.29, 1.82) is 0 Å². The van der Waals surface area contributed by atoms with Crippen molar-refractivity contribution in [2.75, 3.05) is 0 Å². The maximum absolute atomic E-state index is 12.2. The normalized spacial score (nSPS) is 13.2. The smallest absolute Gasteiger partial charge is 0.173 e. The summed E-state index contributed by atoms with van der Waals surface area (Å²) in [4.78, 5) is 23.8. The molecule has 2 nitrogen and oxygen atoms in total. The van der Waals surface area contributed by atoms with Crippen LogP contribution >= 0.6 is 0 Å². The molecule has 0 aliphatic carbocycles.